The van der Waals surface area contributed by atoms with E-state index in [1.165, 1.54) is 56.9 Å². The van der Waals surface area contributed by atoms with Gasteiger partial charge in [-0.15, -0.1) is 11.6 Å². The Morgan fingerprint density at radius 1 is 1.03 bits per heavy atom. The van der Waals surface area contributed by atoms with E-state index in [0.717, 1.165) is 30.6 Å². The van der Waals surface area contributed by atoms with Crippen LogP contribution in [0.4, 0.5) is 0 Å². The van der Waals surface area contributed by atoms with Crippen molar-refractivity contribution >= 4 is 17.4 Å². The van der Waals surface area contributed by atoms with Gasteiger partial charge in [0.2, 0.25) is 0 Å². The number of rotatable bonds is 5. The summed E-state index contributed by atoms with van der Waals surface area (Å²) < 4.78 is 0. The van der Waals surface area contributed by atoms with E-state index >= 15 is 0 Å². The topological polar surface area (TPSA) is 17.1 Å². The van der Waals surface area contributed by atoms with Crippen LogP contribution < -0.4 is 0 Å². The third-order valence-corrected chi connectivity index (χ3v) is 10.5. The summed E-state index contributed by atoms with van der Waals surface area (Å²) in [4.78, 5) is 13.4. The van der Waals surface area contributed by atoms with Gasteiger partial charge in [-0.25, -0.2) is 0 Å². The van der Waals surface area contributed by atoms with Gasteiger partial charge in [0.15, 0.2) is 5.78 Å². The molecular formula is C27H43ClO. The molecule has 0 saturated heterocycles. The maximum Gasteiger partial charge on any atom is 0.159 e. The number of carbonyl (C=O) groups excluding carboxylic acids is 1. The molecule has 0 bridgehead atoms. The van der Waals surface area contributed by atoms with Gasteiger partial charge in [-0.1, -0.05) is 59.5 Å². The summed E-state index contributed by atoms with van der Waals surface area (Å²) in [5.41, 5.74) is 1.99. The van der Waals surface area contributed by atoms with E-state index < -0.39 is 0 Å². The zero-order valence-electron chi connectivity index (χ0n) is 19.5. The lowest BCUT2D eigenvalue weighted by molar-refractivity contribution is -0.134. The molecule has 29 heavy (non-hydrogen) atoms. The van der Waals surface area contributed by atoms with Crippen LogP contribution in [0.1, 0.15) is 98.8 Å². The summed E-state index contributed by atoms with van der Waals surface area (Å²) in [5.74, 6) is 4.33. The fraction of sp³-hybridized carbons (Fsp3) is 0.889. The number of hydrogen-bond donors (Lipinski definition) is 0. The molecule has 0 heterocycles. The number of hydrogen-bond acceptors (Lipinski definition) is 1. The van der Waals surface area contributed by atoms with E-state index in [1.807, 2.05) is 0 Å². The minimum Gasteiger partial charge on any atom is -0.295 e. The van der Waals surface area contributed by atoms with E-state index in [1.54, 1.807) is 0 Å². The molecule has 0 aromatic heterocycles. The van der Waals surface area contributed by atoms with Crippen LogP contribution in [0.25, 0.3) is 0 Å². The Kier molecular flexibility index (Phi) is 6.04. The summed E-state index contributed by atoms with van der Waals surface area (Å²) in [6.07, 6.45) is 14.6. The van der Waals surface area contributed by atoms with Crippen LogP contribution >= 0.6 is 11.6 Å². The predicted octanol–water partition coefficient (Wildman–Crippen LogP) is 7.81. The van der Waals surface area contributed by atoms with E-state index in [-0.39, 0.29) is 16.7 Å². The second kappa shape index (κ2) is 7.99. The number of halogens is 1. The Morgan fingerprint density at radius 2 is 1.79 bits per heavy atom. The molecular weight excluding hydrogens is 376 g/mol. The van der Waals surface area contributed by atoms with Gasteiger partial charge < -0.3 is 0 Å². The third-order valence-electron chi connectivity index (χ3n) is 10.1. The zero-order chi connectivity index (χ0) is 21.0. The number of alkyl halides is 1. The van der Waals surface area contributed by atoms with Crippen molar-refractivity contribution < 1.29 is 4.79 Å². The Labute approximate surface area is 184 Å². The quantitative estimate of drug-likeness (QED) is 0.416. The molecule has 1 nitrogen and oxygen atoms in total. The summed E-state index contributed by atoms with van der Waals surface area (Å²) in [7, 11) is 0. The Balaban J connectivity index is 1.54. The average Bonchev–Trinajstić information content (AvgIpc) is 3.00. The molecule has 0 spiro atoms. The summed E-state index contributed by atoms with van der Waals surface area (Å²) >= 11 is 6.50. The van der Waals surface area contributed by atoms with Gasteiger partial charge in [-0.2, -0.15) is 0 Å². The minimum atomic E-state index is 0.228. The van der Waals surface area contributed by atoms with E-state index in [2.05, 4.69) is 40.7 Å². The summed E-state index contributed by atoms with van der Waals surface area (Å²) in [6, 6.07) is 0. The number of carbonyl (C=O) groups is 1. The summed E-state index contributed by atoms with van der Waals surface area (Å²) in [5, 5.41) is 0.232. The lowest BCUT2D eigenvalue weighted by Crippen LogP contribution is -2.53. The van der Waals surface area contributed by atoms with Gasteiger partial charge in [0.1, 0.15) is 0 Å². The van der Waals surface area contributed by atoms with Crippen molar-refractivity contribution in [2.75, 3.05) is 0 Å². The van der Waals surface area contributed by atoms with E-state index in [4.69, 9.17) is 11.6 Å². The Bertz CT molecular complexity index is 665. The number of fused-ring (bicyclic) bond motifs is 5. The first-order valence-corrected chi connectivity index (χ1v) is 13.0. The van der Waals surface area contributed by atoms with Crippen molar-refractivity contribution in [1.29, 1.82) is 0 Å². The minimum absolute atomic E-state index is 0.228. The monoisotopic (exact) mass is 418 g/mol. The van der Waals surface area contributed by atoms with Crippen LogP contribution in [0.2, 0.25) is 0 Å². The largest absolute Gasteiger partial charge is 0.295 e. The second-order valence-corrected chi connectivity index (χ2v) is 12.7. The number of allylic oxidation sites excluding steroid dienone is 2. The second-order valence-electron chi connectivity index (χ2n) is 12.1. The SMILES string of the molecule is CC(C)CCC[C@@H](C)[C@H]1CC[C@H]2[C@@H]3C(=O)C=C4CC(Cl)CC[C@]4(C)[C@H]3CC[C@]12C. The molecule has 0 radical (unpaired) electrons. The molecule has 0 N–H and O–H groups in total. The first kappa shape index (κ1) is 21.9. The first-order chi connectivity index (χ1) is 13.7. The van der Waals surface area contributed by atoms with Crippen molar-refractivity contribution in [2.45, 2.75) is 104 Å². The zero-order valence-corrected chi connectivity index (χ0v) is 20.2. The van der Waals surface area contributed by atoms with Gasteiger partial charge in [0.25, 0.3) is 0 Å². The van der Waals surface area contributed by atoms with Crippen molar-refractivity contribution in [3.8, 4) is 0 Å². The molecule has 4 rings (SSSR count). The van der Waals surface area contributed by atoms with Gasteiger partial charge >= 0.3 is 0 Å². The highest BCUT2D eigenvalue weighted by Gasteiger charge is 2.61. The molecule has 3 fully saturated rings. The Hall–Kier alpha value is -0.300. The maximum atomic E-state index is 13.4. The van der Waals surface area contributed by atoms with Crippen molar-refractivity contribution in [3.63, 3.8) is 0 Å². The average molecular weight is 419 g/mol. The van der Waals surface area contributed by atoms with Crippen LogP contribution in [0.5, 0.6) is 0 Å². The smallest absolute Gasteiger partial charge is 0.159 e. The van der Waals surface area contributed by atoms with Gasteiger partial charge in [0, 0.05) is 11.3 Å². The molecule has 4 aliphatic rings. The molecule has 0 aromatic carbocycles. The molecule has 164 valence electrons. The maximum absolute atomic E-state index is 13.4. The summed E-state index contributed by atoms with van der Waals surface area (Å²) in [6.45, 7) is 12.2. The van der Waals surface area contributed by atoms with Crippen LogP contribution in [-0.4, -0.2) is 11.2 Å². The van der Waals surface area contributed by atoms with E-state index in [9.17, 15) is 4.79 Å². The standard InChI is InChI=1S/C27H43ClO/c1-17(2)7-6-8-18(3)21-9-10-22-25-23(12-14-27(21,22)5)26(4)13-11-20(28)15-19(26)16-24(25)29/h16-18,20-23,25H,6-15H2,1-5H3/t18-,20?,21-,22+,23+,25+,26+,27-/m1/s1. The lowest BCUT2D eigenvalue weighted by Gasteiger charge is -2.57. The molecule has 0 aromatic rings. The van der Waals surface area contributed by atoms with Crippen LogP contribution in [0, 0.1) is 46.3 Å². The third kappa shape index (κ3) is 3.66. The fourth-order valence-electron chi connectivity index (χ4n) is 8.38. The fourth-order valence-corrected chi connectivity index (χ4v) is 8.66. The van der Waals surface area contributed by atoms with Crippen molar-refractivity contribution in [2.24, 2.45) is 46.3 Å². The molecule has 3 saturated carbocycles. The molecule has 8 atom stereocenters. The first-order valence-electron chi connectivity index (χ1n) is 12.6. The molecule has 0 amide bonds. The Morgan fingerprint density at radius 3 is 2.52 bits per heavy atom. The molecule has 4 aliphatic carbocycles. The van der Waals surface area contributed by atoms with E-state index in [0.29, 0.717) is 23.0 Å². The highest BCUT2D eigenvalue weighted by atomic mass is 35.5. The highest BCUT2D eigenvalue weighted by molar-refractivity contribution is 6.20. The molecule has 1 unspecified atom stereocenters. The number of ketones is 1. The van der Waals surface area contributed by atoms with Crippen LogP contribution in [0.3, 0.4) is 0 Å². The predicted molar refractivity (Wildman–Crippen MR) is 123 cm³/mol. The normalized spacial score (nSPS) is 45.4. The van der Waals surface area contributed by atoms with Gasteiger partial charge in [0.05, 0.1) is 0 Å². The van der Waals surface area contributed by atoms with Crippen LogP contribution in [-0.2, 0) is 4.79 Å². The van der Waals surface area contributed by atoms with Crippen LogP contribution in [0.15, 0.2) is 11.6 Å². The lowest BCUT2D eigenvalue weighted by atomic mass is 9.46. The molecule has 2 heteroatoms. The van der Waals surface area contributed by atoms with Crippen molar-refractivity contribution in [1.82, 2.24) is 0 Å². The van der Waals surface area contributed by atoms with Gasteiger partial charge in [-0.3, -0.25) is 4.79 Å². The van der Waals surface area contributed by atoms with Crippen molar-refractivity contribution in [3.05, 3.63) is 11.6 Å². The highest BCUT2D eigenvalue weighted by Crippen LogP contribution is 2.66. The van der Waals surface area contributed by atoms with Gasteiger partial charge in [-0.05, 0) is 91.4 Å². The molecule has 0 aliphatic heterocycles.